The zero-order chi connectivity index (χ0) is 15.6. The van der Waals surface area contributed by atoms with Crippen LogP contribution in [0.3, 0.4) is 0 Å². The summed E-state index contributed by atoms with van der Waals surface area (Å²) in [7, 11) is 0. The van der Waals surface area contributed by atoms with Gasteiger partial charge in [0.2, 0.25) is 0 Å². The summed E-state index contributed by atoms with van der Waals surface area (Å²) in [5.74, 6) is 0.410. The lowest BCUT2D eigenvalue weighted by molar-refractivity contribution is -0.117. The number of carbonyl (C=O) groups excluding carboxylic acids is 1. The van der Waals surface area contributed by atoms with E-state index in [2.05, 4.69) is 25.4 Å². The first-order chi connectivity index (χ1) is 11.3. The first-order valence-electron chi connectivity index (χ1n) is 6.97. The Hall–Kier alpha value is -3.35. The van der Waals surface area contributed by atoms with Gasteiger partial charge in [0.15, 0.2) is 12.1 Å². The summed E-state index contributed by atoms with van der Waals surface area (Å²) in [4.78, 5) is 28.4. The van der Waals surface area contributed by atoms with Crippen molar-refractivity contribution >= 4 is 23.0 Å². The molecule has 23 heavy (non-hydrogen) atoms. The monoisotopic (exact) mass is 305 g/mol. The molecule has 1 aliphatic heterocycles. The van der Waals surface area contributed by atoms with Crippen molar-refractivity contribution in [1.29, 1.82) is 0 Å². The molecule has 0 saturated carbocycles. The molecule has 0 aliphatic carbocycles. The molecule has 1 unspecified atom stereocenters. The lowest BCUT2D eigenvalue weighted by atomic mass is 10.1. The van der Waals surface area contributed by atoms with Gasteiger partial charge in [0.25, 0.3) is 6.23 Å². The van der Waals surface area contributed by atoms with Crippen LogP contribution in [0, 0.1) is 0 Å². The molecule has 7 heteroatoms. The molecule has 0 fully saturated rings. The number of oxime groups is 1. The predicted molar refractivity (Wildman–Crippen MR) is 83.4 cm³/mol. The highest BCUT2D eigenvalue weighted by atomic mass is 16.7. The lowest BCUT2D eigenvalue weighted by Crippen LogP contribution is -2.31. The Bertz CT molecular complexity index is 925. The first kappa shape index (κ1) is 13.3. The van der Waals surface area contributed by atoms with Crippen LogP contribution < -0.4 is 5.32 Å². The lowest BCUT2D eigenvalue weighted by Gasteiger charge is -2.05. The van der Waals surface area contributed by atoms with Crippen LogP contribution in [0.25, 0.3) is 22.2 Å². The van der Waals surface area contributed by atoms with E-state index < -0.39 is 6.23 Å². The van der Waals surface area contributed by atoms with E-state index in [0.29, 0.717) is 17.8 Å². The fourth-order valence-corrected chi connectivity index (χ4v) is 2.36. The number of aldehydes is 1. The van der Waals surface area contributed by atoms with Gasteiger partial charge in [0.05, 0.1) is 11.2 Å². The largest absolute Gasteiger partial charge is 0.361 e. The van der Waals surface area contributed by atoms with E-state index in [-0.39, 0.29) is 0 Å². The predicted octanol–water partition coefficient (Wildman–Crippen LogP) is 1.50. The summed E-state index contributed by atoms with van der Waals surface area (Å²) >= 11 is 0. The van der Waals surface area contributed by atoms with Crippen LogP contribution in [0.2, 0.25) is 0 Å². The fourth-order valence-electron chi connectivity index (χ4n) is 2.36. The summed E-state index contributed by atoms with van der Waals surface area (Å²) in [5, 5.41) is 7.67. The fraction of sp³-hybridized carbons (Fsp3) is 0.0625. The second kappa shape index (κ2) is 5.45. The minimum absolute atomic E-state index is 0.410. The van der Waals surface area contributed by atoms with E-state index >= 15 is 0 Å². The number of carbonyl (C=O) groups is 1. The van der Waals surface area contributed by atoms with Crippen molar-refractivity contribution in [1.82, 2.24) is 20.3 Å². The van der Waals surface area contributed by atoms with Gasteiger partial charge in [-0.1, -0.05) is 17.3 Å². The third-order valence-corrected chi connectivity index (χ3v) is 3.47. The maximum Gasteiger partial charge on any atom is 0.254 e. The van der Waals surface area contributed by atoms with Crippen molar-refractivity contribution in [3.8, 4) is 11.3 Å². The van der Waals surface area contributed by atoms with Gasteiger partial charge in [-0.05, 0) is 24.3 Å². The van der Waals surface area contributed by atoms with E-state index in [1.165, 1.54) is 6.33 Å². The highest BCUT2D eigenvalue weighted by Gasteiger charge is 2.21. The number of benzene rings is 1. The number of rotatable bonds is 3. The number of pyridine rings is 1. The Morgan fingerprint density at radius 2 is 2.00 bits per heavy atom. The molecule has 112 valence electrons. The van der Waals surface area contributed by atoms with Crippen molar-refractivity contribution in [2.75, 3.05) is 0 Å². The van der Waals surface area contributed by atoms with Crippen molar-refractivity contribution < 1.29 is 9.63 Å². The SMILES string of the molecule is O=CC1NC(c2cc(-c3ccc4ncccc4c3)ncn2)=NO1. The Morgan fingerprint density at radius 1 is 1.09 bits per heavy atom. The standard InChI is InChI=1S/C16H11N5O2/c22-8-15-20-16(21-23-15)14-7-13(18-9-19-14)11-3-4-12-10(6-11)2-1-5-17-12/h1-9,15H,(H,20,21). The number of amidine groups is 1. The van der Waals surface area contributed by atoms with Gasteiger partial charge in [0.1, 0.15) is 12.0 Å². The van der Waals surface area contributed by atoms with Crippen LogP contribution in [0.15, 0.2) is 54.1 Å². The van der Waals surface area contributed by atoms with Crippen LogP contribution in [-0.2, 0) is 9.63 Å². The van der Waals surface area contributed by atoms with Crippen LogP contribution >= 0.6 is 0 Å². The van der Waals surface area contributed by atoms with Gasteiger partial charge in [-0.25, -0.2) is 9.97 Å². The molecule has 1 aromatic carbocycles. The molecule has 1 atom stereocenters. The molecule has 0 saturated heterocycles. The quantitative estimate of drug-likeness (QED) is 0.738. The second-order valence-corrected chi connectivity index (χ2v) is 4.95. The van der Waals surface area contributed by atoms with Crippen molar-refractivity contribution in [3.63, 3.8) is 0 Å². The van der Waals surface area contributed by atoms with E-state index in [1.807, 2.05) is 30.3 Å². The summed E-state index contributed by atoms with van der Waals surface area (Å²) < 4.78 is 0. The number of nitrogens with one attached hydrogen (secondary N) is 1. The van der Waals surface area contributed by atoms with Crippen molar-refractivity contribution in [3.05, 3.63) is 54.6 Å². The number of fused-ring (bicyclic) bond motifs is 1. The Morgan fingerprint density at radius 3 is 2.87 bits per heavy atom. The smallest absolute Gasteiger partial charge is 0.254 e. The maximum atomic E-state index is 10.7. The van der Waals surface area contributed by atoms with Crippen LogP contribution in [-0.4, -0.2) is 33.3 Å². The number of nitrogens with zero attached hydrogens (tertiary/aromatic N) is 4. The molecule has 1 aliphatic rings. The van der Waals surface area contributed by atoms with Crippen molar-refractivity contribution in [2.45, 2.75) is 6.23 Å². The molecular formula is C16H11N5O2. The molecule has 3 heterocycles. The zero-order valence-electron chi connectivity index (χ0n) is 11.9. The number of aromatic nitrogens is 3. The van der Waals surface area contributed by atoms with Gasteiger partial charge in [-0.2, -0.15) is 0 Å². The maximum absolute atomic E-state index is 10.7. The molecule has 7 nitrogen and oxygen atoms in total. The van der Waals surface area contributed by atoms with Gasteiger partial charge >= 0.3 is 0 Å². The highest BCUT2D eigenvalue weighted by molar-refractivity contribution is 5.99. The molecule has 0 radical (unpaired) electrons. The Kier molecular flexibility index (Phi) is 3.16. The number of hydrogen-bond donors (Lipinski definition) is 1. The second-order valence-electron chi connectivity index (χ2n) is 4.95. The van der Waals surface area contributed by atoms with Gasteiger partial charge in [-0.3, -0.25) is 9.78 Å². The van der Waals surface area contributed by atoms with E-state index in [1.54, 1.807) is 12.3 Å². The molecule has 0 bridgehead atoms. The summed E-state index contributed by atoms with van der Waals surface area (Å²) in [6.45, 7) is 0. The molecule has 0 amide bonds. The molecule has 4 rings (SSSR count). The molecule has 1 N–H and O–H groups in total. The summed E-state index contributed by atoms with van der Waals surface area (Å²) in [6, 6.07) is 11.6. The van der Waals surface area contributed by atoms with E-state index in [4.69, 9.17) is 4.84 Å². The molecular weight excluding hydrogens is 294 g/mol. The van der Waals surface area contributed by atoms with Gasteiger partial charge < -0.3 is 10.2 Å². The minimum Gasteiger partial charge on any atom is -0.361 e. The minimum atomic E-state index is -0.768. The third kappa shape index (κ3) is 2.48. The van der Waals surface area contributed by atoms with Crippen molar-refractivity contribution in [2.24, 2.45) is 5.16 Å². The van der Waals surface area contributed by atoms with E-state index in [0.717, 1.165) is 22.2 Å². The topological polar surface area (TPSA) is 89.4 Å². The van der Waals surface area contributed by atoms with E-state index in [9.17, 15) is 4.79 Å². The average molecular weight is 305 g/mol. The Balaban J connectivity index is 1.71. The molecule has 2 aromatic heterocycles. The van der Waals surface area contributed by atoms with Crippen LogP contribution in [0.4, 0.5) is 0 Å². The molecule has 0 spiro atoms. The summed E-state index contributed by atoms with van der Waals surface area (Å²) in [6.07, 6.45) is 3.08. The van der Waals surface area contributed by atoms with Crippen LogP contribution in [0.5, 0.6) is 0 Å². The first-order valence-corrected chi connectivity index (χ1v) is 6.97. The van der Waals surface area contributed by atoms with Gasteiger partial charge in [0, 0.05) is 17.1 Å². The average Bonchev–Trinajstić information content (AvgIpc) is 3.11. The summed E-state index contributed by atoms with van der Waals surface area (Å²) in [5.41, 5.74) is 3.18. The van der Waals surface area contributed by atoms with Gasteiger partial charge in [-0.15, -0.1) is 0 Å². The van der Waals surface area contributed by atoms with Crippen LogP contribution in [0.1, 0.15) is 5.69 Å². The highest BCUT2D eigenvalue weighted by Crippen LogP contribution is 2.22. The third-order valence-electron chi connectivity index (χ3n) is 3.47. The zero-order valence-corrected chi connectivity index (χ0v) is 11.9. The Labute approximate surface area is 131 Å². The normalized spacial score (nSPS) is 16.5. The molecule has 3 aromatic rings. The number of hydrogen-bond acceptors (Lipinski definition) is 7.